The van der Waals surface area contributed by atoms with Crippen molar-refractivity contribution in [3.8, 4) is 0 Å². The lowest BCUT2D eigenvalue weighted by Crippen LogP contribution is -2.45. The lowest BCUT2D eigenvalue weighted by atomic mass is 9.98. The van der Waals surface area contributed by atoms with Gasteiger partial charge < -0.3 is 4.74 Å². The van der Waals surface area contributed by atoms with Crippen LogP contribution in [-0.4, -0.2) is 33.5 Å². The zero-order chi connectivity index (χ0) is 21.1. The van der Waals surface area contributed by atoms with Crippen LogP contribution in [0.4, 0.5) is 23.9 Å². The van der Waals surface area contributed by atoms with Gasteiger partial charge in [-0.05, 0) is 64.7 Å². The number of hydrogen-bond donors (Lipinski definition) is 1. The summed E-state index contributed by atoms with van der Waals surface area (Å²) in [6.45, 7) is 7.04. The SMILES string of the molecule is CC1=CCC(CS)CC(N(C(=O)OC(C)(C)C)c2nccc(C(F)(F)F)n2)C1. The Morgan fingerprint density at radius 2 is 2.04 bits per heavy atom. The molecule has 1 aliphatic rings. The van der Waals surface area contributed by atoms with E-state index in [-0.39, 0.29) is 11.9 Å². The third-order valence-corrected chi connectivity index (χ3v) is 4.84. The summed E-state index contributed by atoms with van der Waals surface area (Å²) < 4.78 is 44.9. The highest BCUT2D eigenvalue weighted by molar-refractivity contribution is 7.80. The van der Waals surface area contributed by atoms with Crippen molar-refractivity contribution in [1.82, 2.24) is 9.97 Å². The van der Waals surface area contributed by atoms with E-state index >= 15 is 0 Å². The molecule has 2 atom stereocenters. The number of allylic oxidation sites excluding steroid dienone is 1. The molecule has 0 aliphatic heterocycles. The Hall–Kier alpha value is -1.77. The zero-order valence-electron chi connectivity index (χ0n) is 16.5. The van der Waals surface area contributed by atoms with Crippen LogP contribution in [0.5, 0.6) is 0 Å². The molecular weight excluding hydrogens is 391 g/mol. The number of carbonyl (C=O) groups excluding carboxylic acids is 1. The standard InChI is InChI=1S/C19H26F3N3O2S/c1-12-5-6-13(11-28)10-14(9-12)25(17(26)27-18(2,3)4)16-23-8-7-15(24-16)19(20,21)22/h5,7-8,13-14,28H,6,9-11H2,1-4H3. The number of rotatable bonds is 3. The fourth-order valence-electron chi connectivity index (χ4n) is 3.06. The maximum absolute atomic E-state index is 13.1. The number of amides is 1. The number of nitrogens with zero attached hydrogens (tertiary/aromatic N) is 3. The van der Waals surface area contributed by atoms with E-state index in [4.69, 9.17) is 4.74 Å². The molecule has 0 aromatic carbocycles. The molecule has 5 nitrogen and oxygen atoms in total. The molecule has 156 valence electrons. The second-order valence-electron chi connectivity index (χ2n) is 8.02. The lowest BCUT2D eigenvalue weighted by Gasteiger charge is -2.33. The van der Waals surface area contributed by atoms with Gasteiger partial charge in [0, 0.05) is 12.2 Å². The van der Waals surface area contributed by atoms with Crippen molar-refractivity contribution < 1.29 is 22.7 Å². The molecule has 9 heteroatoms. The maximum Gasteiger partial charge on any atom is 0.433 e. The van der Waals surface area contributed by atoms with Crippen LogP contribution < -0.4 is 4.90 Å². The van der Waals surface area contributed by atoms with Gasteiger partial charge in [-0.3, -0.25) is 0 Å². The summed E-state index contributed by atoms with van der Waals surface area (Å²) in [5.74, 6) is 0.481. The predicted molar refractivity (Wildman–Crippen MR) is 104 cm³/mol. The van der Waals surface area contributed by atoms with Gasteiger partial charge in [-0.15, -0.1) is 0 Å². The van der Waals surface area contributed by atoms with E-state index in [0.717, 1.165) is 24.3 Å². The van der Waals surface area contributed by atoms with Crippen molar-refractivity contribution in [3.05, 3.63) is 29.6 Å². The second kappa shape index (κ2) is 8.71. The van der Waals surface area contributed by atoms with Gasteiger partial charge in [-0.2, -0.15) is 25.8 Å². The molecular formula is C19H26F3N3O2S. The van der Waals surface area contributed by atoms with Crippen LogP contribution in [0.15, 0.2) is 23.9 Å². The van der Waals surface area contributed by atoms with Gasteiger partial charge in [-0.1, -0.05) is 11.6 Å². The maximum atomic E-state index is 13.1. The Labute approximate surface area is 168 Å². The van der Waals surface area contributed by atoms with Crippen molar-refractivity contribution in [3.63, 3.8) is 0 Å². The Balaban J connectivity index is 2.48. The first kappa shape index (κ1) is 22.5. The number of aromatic nitrogens is 2. The van der Waals surface area contributed by atoms with Crippen molar-refractivity contribution in [2.24, 2.45) is 5.92 Å². The van der Waals surface area contributed by atoms with E-state index in [9.17, 15) is 18.0 Å². The van der Waals surface area contributed by atoms with Gasteiger partial charge in [0.25, 0.3) is 0 Å². The first-order valence-electron chi connectivity index (χ1n) is 9.09. The molecule has 1 aromatic heterocycles. The molecule has 1 amide bonds. The molecule has 1 aromatic rings. The largest absolute Gasteiger partial charge is 0.443 e. The summed E-state index contributed by atoms with van der Waals surface area (Å²) in [6, 6.07) is 0.361. The summed E-state index contributed by atoms with van der Waals surface area (Å²) in [5.41, 5.74) is -0.859. The van der Waals surface area contributed by atoms with Crippen LogP contribution in [0.25, 0.3) is 0 Å². The van der Waals surface area contributed by atoms with Gasteiger partial charge in [-0.25, -0.2) is 19.7 Å². The van der Waals surface area contributed by atoms with E-state index in [2.05, 4.69) is 28.7 Å². The minimum Gasteiger partial charge on any atom is -0.443 e. The van der Waals surface area contributed by atoms with Gasteiger partial charge in [0.2, 0.25) is 5.95 Å². The van der Waals surface area contributed by atoms with Gasteiger partial charge in [0.05, 0.1) is 0 Å². The van der Waals surface area contributed by atoms with Crippen molar-refractivity contribution in [2.75, 3.05) is 10.7 Å². The predicted octanol–water partition coefficient (Wildman–Crippen LogP) is 5.28. The molecule has 2 rings (SSSR count). The summed E-state index contributed by atoms with van der Waals surface area (Å²) >= 11 is 4.37. The minimum absolute atomic E-state index is 0.182. The summed E-state index contributed by atoms with van der Waals surface area (Å²) in [5, 5.41) is 0. The van der Waals surface area contributed by atoms with Crippen LogP contribution in [-0.2, 0) is 10.9 Å². The average Bonchev–Trinajstić information content (AvgIpc) is 2.74. The molecule has 1 aliphatic carbocycles. The highest BCUT2D eigenvalue weighted by atomic mass is 32.1. The molecule has 0 saturated heterocycles. The summed E-state index contributed by atoms with van der Waals surface area (Å²) in [7, 11) is 0. The topological polar surface area (TPSA) is 55.3 Å². The van der Waals surface area contributed by atoms with E-state index in [1.807, 2.05) is 6.92 Å². The molecule has 0 spiro atoms. The lowest BCUT2D eigenvalue weighted by molar-refractivity contribution is -0.141. The normalized spacial score (nSPS) is 20.9. The number of carbonyl (C=O) groups is 1. The highest BCUT2D eigenvalue weighted by Crippen LogP contribution is 2.32. The van der Waals surface area contributed by atoms with Crippen molar-refractivity contribution in [2.45, 2.75) is 64.8 Å². The molecule has 28 heavy (non-hydrogen) atoms. The van der Waals surface area contributed by atoms with E-state index < -0.39 is 29.6 Å². The van der Waals surface area contributed by atoms with E-state index in [1.54, 1.807) is 20.8 Å². The van der Waals surface area contributed by atoms with Crippen LogP contribution >= 0.6 is 12.6 Å². The first-order valence-corrected chi connectivity index (χ1v) is 9.73. The Morgan fingerprint density at radius 3 is 2.61 bits per heavy atom. The molecule has 2 unspecified atom stereocenters. The number of anilines is 1. The summed E-state index contributed by atoms with van der Waals surface area (Å²) in [6.07, 6.45) is -0.426. The Morgan fingerprint density at radius 1 is 1.36 bits per heavy atom. The van der Waals surface area contributed by atoms with Crippen LogP contribution in [0, 0.1) is 5.92 Å². The van der Waals surface area contributed by atoms with Gasteiger partial charge in [0.15, 0.2) is 0 Å². The molecule has 0 bridgehead atoms. The first-order chi connectivity index (χ1) is 12.9. The van der Waals surface area contributed by atoms with Crippen molar-refractivity contribution in [1.29, 1.82) is 0 Å². The fraction of sp³-hybridized carbons (Fsp3) is 0.632. The van der Waals surface area contributed by atoms with Crippen LogP contribution in [0.1, 0.15) is 52.7 Å². The molecule has 0 radical (unpaired) electrons. The number of thiol groups is 1. The number of hydrogen-bond acceptors (Lipinski definition) is 5. The van der Waals surface area contributed by atoms with Crippen LogP contribution in [0.3, 0.4) is 0 Å². The van der Waals surface area contributed by atoms with E-state index in [1.165, 1.54) is 4.90 Å². The van der Waals surface area contributed by atoms with E-state index in [0.29, 0.717) is 18.6 Å². The van der Waals surface area contributed by atoms with Crippen molar-refractivity contribution >= 4 is 24.7 Å². The average molecular weight is 417 g/mol. The van der Waals surface area contributed by atoms with Gasteiger partial charge >= 0.3 is 12.3 Å². The molecule has 0 N–H and O–H groups in total. The third-order valence-electron chi connectivity index (χ3n) is 4.32. The minimum atomic E-state index is -4.63. The number of alkyl halides is 3. The summed E-state index contributed by atoms with van der Waals surface area (Å²) in [4.78, 5) is 21.7. The van der Waals surface area contributed by atoms with Gasteiger partial charge in [0.1, 0.15) is 11.3 Å². The molecule has 1 heterocycles. The third kappa shape index (κ3) is 6.12. The monoisotopic (exact) mass is 417 g/mol. The smallest absolute Gasteiger partial charge is 0.433 e. The van der Waals surface area contributed by atoms with Crippen LogP contribution in [0.2, 0.25) is 0 Å². The number of halogens is 3. The zero-order valence-corrected chi connectivity index (χ0v) is 17.3. The number of ether oxygens (including phenoxy) is 1. The Kier molecular flexibility index (Phi) is 7.01. The quantitative estimate of drug-likeness (QED) is 0.537. The fourth-order valence-corrected chi connectivity index (χ4v) is 3.36. The highest BCUT2D eigenvalue weighted by Gasteiger charge is 2.37. The second-order valence-corrected chi connectivity index (χ2v) is 8.38. The Bertz CT molecular complexity index is 732. The molecule has 0 saturated carbocycles. The molecule has 0 fully saturated rings.